The van der Waals surface area contributed by atoms with Crippen molar-refractivity contribution in [1.82, 2.24) is 20.2 Å². The van der Waals surface area contributed by atoms with Gasteiger partial charge in [0, 0.05) is 43.7 Å². The average Bonchev–Trinajstić information content (AvgIpc) is 2.55. The molecule has 1 atom stereocenters. The highest BCUT2D eigenvalue weighted by Gasteiger charge is 2.54. The predicted molar refractivity (Wildman–Crippen MR) is 79.4 cm³/mol. The Balaban J connectivity index is 1.84. The molecule has 23 heavy (non-hydrogen) atoms. The quantitative estimate of drug-likeness (QED) is 0.571. The SMILES string of the molecule is O=C(C(CC1([N+](=O)[O-])COC1)c1ccncn1)N1CCNCC1. The van der Waals surface area contributed by atoms with Gasteiger partial charge in [-0.1, -0.05) is 0 Å². The lowest BCUT2D eigenvalue weighted by Crippen LogP contribution is -2.58. The molecule has 2 aliphatic rings. The average molecular weight is 321 g/mol. The molecule has 0 saturated carbocycles. The Hall–Kier alpha value is -2.13. The first kappa shape index (κ1) is 15.8. The third kappa shape index (κ3) is 3.15. The number of carbonyl (C=O) groups excluding carboxylic acids is 1. The van der Waals surface area contributed by atoms with Crippen LogP contribution in [0, 0.1) is 10.1 Å². The summed E-state index contributed by atoms with van der Waals surface area (Å²) in [5, 5.41) is 14.6. The standard InChI is InChI=1S/C14H19N5O4/c20-13(18-5-3-15-4-6-18)11(12-1-2-16-10-17-12)7-14(19(21)22)8-23-9-14/h1-2,10-11,15H,3-9H2. The van der Waals surface area contributed by atoms with Gasteiger partial charge in [-0.05, 0) is 6.07 Å². The summed E-state index contributed by atoms with van der Waals surface area (Å²) < 4.78 is 5.05. The lowest BCUT2D eigenvalue weighted by molar-refractivity contribution is -0.604. The minimum Gasteiger partial charge on any atom is -0.366 e. The summed E-state index contributed by atoms with van der Waals surface area (Å²) in [5.41, 5.74) is -0.670. The lowest BCUT2D eigenvalue weighted by Gasteiger charge is -2.37. The van der Waals surface area contributed by atoms with Gasteiger partial charge in [0.1, 0.15) is 19.5 Å². The first-order valence-electron chi connectivity index (χ1n) is 7.60. The molecule has 3 rings (SSSR count). The number of nitrogens with zero attached hydrogens (tertiary/aromatic N) is 4. The van der Waals surface area contributed by atoms with Crippen LogP contribution in [0.4, 0.5) is 0 Å². The zero-order valence-electron chi connectivity index (χ0n) is 12.7. The normalized spacial score (nSPS) is 21.3. The molecular weight excluding hydrogens is 302 g/mol. The van der Waals surface area contributed by atoms with E-state index >= 15 is 0 Å². The molecule has 0 bridgehead atoms. The second kappa shape index (κ2) is 6.55. The molecule has 3 heterocycles. The summed E-state index contributed by atoms with van der Waals surface area (Å²) in [6.45, 7) is 2.73. The molecule has 0 radical (unpaired) electrons. The van der Waals surface area contributed by atoms with Crippen LogP contribution in [-0.4, -0.2) is 70.6 Å². The Kier molecular flexibility index (Phi) is 4.49. The molecular formula is C14H19N5O4. The van der Waals surface area contributed by atoms with Gasteiger partial charge in [-0.25, -0.2) is 9.97 Å². The maximum Gasteiger partial charge on any atom is 0.269 e. The van der Waals surface area contributed by atoms with E-state index in [4.69, 9.17) is 4.74 Å². The van der Waals surface area contributed by atoms with Crippen LogP contribution in [0.2, 0.25) is 0 Å². The Morgan fingerprint density at radius 3 is 2.74 bits per heavy atom. The van der Waals surface area contributed by atoms with Crippen LogP contribution in [-0.2, 0) is 9.53 Å². The Bertz CT molecular complexity index is 572. The largest absolute Gasteiger partial charge is 0.366 e. The molecule has 124 valence electrons. The van der Waals surface area contributed by atoms with Crippen molar-refractivity contribution in [3.8, 4) is 0 Å². The number of ether oxygens (including phenoxy) is 1. The number of nitrogens with one attached hydrogen (secondary N) is 1. The van der Waals surface area contributed by atoms with E-state index < -0.39 is 11.5 Å². The topological polar surface area (TPSA) is 110 Å². The van der Waals surface area contributed by atoms with E-state index in [9.17, 15) is 14.9 Å². The number of hydrogen-bond donors (Lipinski definition) is 1. The van der Waals surface area contributed by atoms with Crippen LogP contribution in [0.5, 0.6) is 0 Å². The Morgan fingerprint density at radius 2 is 2.22 bits per heavy atom. The number of aromatic nitrogens is 2. The molecule has 0 spiro atoms. The van der Waals surface area contributed by atoms with Crippen molar-refractivity contribution in [3.63, 3.8) is 0 Å². The maximum atomic E-state index is 12.9. The van der Waals surface area contributed by atoms with Crippen LogP contribution in [0.25, 0.3) is 0 Å². The third-order valence-corrected chi connectivity index (χ3v) is 4.40. The van der Waals surface area contributed by atoms with Gasteiger partial charge in [0.25, 0.3) is 5.54 Å². The highest BCUT2D eigenvalue weighted by molar-refractivity contribution is 5.83. The Labute approximate surface area is 133 Å². The fourth-order valence-corrected chi connectivity index (χ4v) is 2.95. The molecule has 2 fully saturated rings. The van der Waals surface area contributed by atoms with Gasteiger partial charge in [0.15, 0.2) is 0 Å². The number of hydrogen-bond acceptors (Lipinski definition) is 7. The second-order valence-corrected chi connectivity index (χ2v) is 5.94. The predicted octanol–water partition coefficient (Wildman–Crippen LogP) is -0.572. The number of amides is 1. The minimum absolute atomic E-state index is 0.0381. The number of rotatable bonds is 5. The van der Waals surface area contributed by atoms with Gasteiger partial charge in [-0.15, -0.1) is 0 Å². The fourth-order valence-electron chi connectivity index (χ4n) is 2.95. The van der Waals surface area contributed by atoms with Gasteiger partial charge < -0.3 is 15.0 Å². The molecule has 1 N–H and O–H groups in total. The lowest BCUT2D eigenvalue weighted by atomic mass is 9.83. The zero-order chi connectivity index (χ0) is 16.3. The van der Waals surface area contributed by atoms with Crippen molar-refractivity contribution in [3.05, 3.63) is 34.4 Å². The molecule has 9 heteroatoms. The first-order chi connectivity index (χ1) is 11.1. The van der Waals surface area contributed by atoms with Crippen LogP contribution >= 0.6 is 0 Å². The fraction of sp³-hybridized carbons (Fsp3) is 0.643. The van der Waals surface area contributed by atoms with Crippen LogP contribution < -0.4 is 5.32 Å². The molecule has 1 amide bonds. The molecule has 1 aromatic heterocycles. The highest BCUT2D eigenvalue weighted by Crippen LogP contribution is 2.34. The summed E-state index contributed by atoms with van der Waals surface area (Å²) in [6, 6.07) is 1.65. The molecule has 1 unspecified atom stereocenters. The summed E-state index contributed by atoms with van der Waals surface area (Å²) in [6.07, 6.45) is 3.01. The second-order valence-electron chi connectivity index (χ2n) is 5.94. The monoisotopic (exact) mass is 321 g/mol. The van der Waals surface area contributed by atoms with Crippen molar-refractivity contribution in [1.29, 1.82) is 0 Å². The van der Waals surface area contributed by atoms with Crippen LogP contribution in [0.3, 0.4) is 0 Å². The van der Waals surface area contributed by atoms with E-state index in [0.717, 1.165) is 13.1 Å². The van der Waals surface area contributed by atoms with E-state index in [1.165, 1.54) is 6.33 Å². The highest BCUT2D eigenvalue weighted by atomic mass is 16.6. The van der Waals surface area contributed by atoms with E-state index in [-0.39, 0.29) is 30.5 Å². The van der Waals surface area contributed by atoms with Crippen molar-refractivity contribution in [2.45, 2.75) is 17.9 Å². The van der Waals surface area contributed by atoms with Gasteiger partial charge in [-0.2, -0.15) is 0 Å². The third-order valence-electron chi connectivity index (χ3n) is 4.40. The minimum atomic E-state index is -1.20. The van der Waals surface area contributed by atoms with E-state index in [1.807, 2.05) is 0 Å². The molecule has 2 saturated heterocycles. The Morgan fingerprint density at radius 1 is 1.48 bits per heavy atom. The van der Waals surface area contributed by atoms with Gasteiger partial charge in [0.2, 0.25) is 5.91 Å². The van der Waals surface area contributed by atoms with E-state index in [0.29, 0.717) is 18.8 Å². The summed E-state index contributed by atoms with van der Waals surface area (Å²) >= 11 is 0. The van der Waals surface area contributed by atoms with Gasteiger partial charge in [0.05, 0.1) is 11.6 Å². The molecule has 0 aromatic carbocycles. The number of nitro groups is 1. The maximum absolute atomic E-state index is 12.9. The van der Waals surface area contributed by atoms with Crippen molar-refractivity contribution in [2.75, 3.05) is 39.4 Å². The molecule has 2 aliphatic heterocycles. The van der Waals surface area contributed by atoms with E-state index in [1.54, 1.807) is 17.2 Å². The number of piperazine rings is 1. The molecule has 0 aliphatic carbocycles. The van der Waals surface area contributed by atoms with Crippen LogP contribution in [0.1, 0.15) is 18.0 Å². The summed E-state index contributed by atoms with van der Waals surface area (Å²) in [5.74, 6) is -0.760. The zero-order valence-corrected chi connectivity index (χ0v) is 12.7. The first-order valence-corrected chi connectivity index (χ1v) is 7.60. The molecule has 9 nitrogen and oxygen atoms in total. The molecule has 1 aromatic rings. The van der Waals surface area contributed by atoms with Crippen molar-refractivity contribution < 1.29 is 14.5 Å². The van der Waals surface area contributed by atoms with Crippen LogP contribution in [0.15, 0.2) is 18.6 Å². The smallest absolute Gasteiger partial charge is 0.269 e. The van der Waals surface area contributed by atoms with Gasteiger partial charge >= 0.3 is 0 Å². The van der Waals surface area contributed by atoms with Crippen molar-refractivity contribution in [2.24, 2.45) is 0 Å². The van der Waals surface area contributed by atoms with Gasteiger partial charge in [-0.3, -0.25) is 14.9 Å². The van der Waals surface area contributed by atoms with E-state index in [2.05, 4.69) is 15.3 Å². The number of carbonyl (C=O) groups is 1. The summed E-state index contributed by atoms with van der Waals surface area (Å²) in [7, 11) is 0. The van der Waals surface area contributed by atoms with Crippen molar-refractivity contribution >= 4 is 5.91 Å². The summed E-state index contributed by atoms with van der Waals surface area (Å²) in [4.78, 5) is 33.8.